The lowest BCUT2D eigenvalue weighted by Gasteiger charge is -2.09. The standard InChI is InChI=1S/C13H17OS/c1-3-5-7-12-8-6-9-13(11-12)15(14)10-4-2/h5-9,11H,1,3-4,10H2,2H3/b7-5+. The molecule has 2 heteroatoms. The normalized spacial score (nSPS) is 13.3. The van der Waals surface area contributed by atoms with Gasteiger partial charge in [-0.2, -0.15) is 0 Å². The van der Waals surface area contributed by atoms with Crippen LogP contribution in [0.5, 0.6) is 0 Å². The van der Waals surface area contributed by atoms with Crippen molar-refractivity contribution in [2.75, 3.05) is 5.75 Å². The zero-order chi connectivity index (χ0) is 11.1. The van der Waals surface area contributed by atoms with Gasteiger partial charge in [-0.25, -0.2) is 0 Å². The molecule has 81 valence electrons. The number of hydrogen-bond donors (Lipinski definition) is 0. The van der Waals surface area contributed by atoms with E-state index in [0.717, 1.165) is 29.1 Å². The van der Waals surface area contributed by atoms with Gasteiger partial charge in [0, 0.05) is 6.07 Å². The van der Waals surface area contributed by atoms with Crippen molar-refractivity contribution in [1.82, 2.24) is 0 Å². The Hall–Kier alpha value is -0.730. The summed E-state index contributed by atoms with van der Waals surface area (Å²) in [6, 6.07) is 7.87. The summed E-state index contributed by atoms with van der Waals surface area (Å²) in [5.41, 5.74) is 1.10. The summed E-state index contributed by atoms with van der Waals surface area (Å²) in [5.74, 6) is 0.739. The second-order valence-corrected chi connectivity index (χ2v) is 4.88. The first-order valence-corrected chi connectivity index (χ1v) is 6.54. The molecule has 1 rings (SSSR count). The lowest BCUT2D eigenvalue weighted by Crippen LogP contribution is -2.05. The Morgan fingerprint density at radius 2 is 2.27 bits per heavy atom. The molecule has 1 atom stereocenters. The zero-order valence-corrected chi connectivity index (χ0v) is 9.93. The number of hydrogen-bond acceptors (Lipinski definition) is 1. The third-order valence-corrected chi connectivity index (χ3v) is 3.55. The SMILES string of the molecule is [CH2]C/C=C/c1cccc([S+]([O-])CCC)c1. The molecule has 0 amide bonds. The van der Waals surface area contributed by atoms with Gasteiger partial charge in [-0.05, 0) is 42.6 Å². The summed E-state index contributed by atoms with van der Waals surface area (Å²) in [6.07, 6.45) is 5.75. The third-order valence-electron chi connectivity index (χ3n) is 1.99. The topological polar surface area (TPSA) is 23.1 Å². The molecule has 0 heterocycles. The van der Waals surface area contributed by atoms with Crippen LogP contribution in [0.15, 0.2) is 35.2 Å². The van der Waals surface area contributed by atoms with Gasteiger partial charge >= 0.3 is 0 Å². The number of allylic oxidation sites excluding steroid dienone is 1. The molecule has 1 nitrogen and oxygen atoms in total. The summed E-state index contributed by atoms with van der Waals surface area (Å²) in [7, 11) is 0. The molecule has 1 unspecified atom stereocenters. The van der Waals surface area contributed by atoms with Crippen molar-refractivity contribution in [2.24, 2.45) is 0 Å². The van der Waals surface area contributed by atoms with E-state index in [1.54, 1.807) is 0 Å². The van der Waals surface area contributed by atoms with Gasteiger partial charge < -0.3 is 4.55 Å². The molecule has 0 aliphatic rings. The van der Waals surface area contributed by atoms with E-state index in [4.69, 9.17) is 0 Å². The van der Waals surface area contributed by atoms with E-state index in [1.807, 2.05) is 43.3 Å². The van der Waals surface area contributed by atoms with Crippen LogP contribution in [0.4, 0.5) is 0 Å². The van der Waals surface area contributed by atoms with Crippen LogP contribution in [0.3, 0.4) is 0 Å². The highest BCUT2D eigenvalue weighted by atomic mass is 32.2. The molecule has 1 aromatic carbocycles. The highest BCUT2D eigenvalue weighted by molar-refractivity contribution is 7.91. The van der Waals surface area contributed by atoms with E-state index in [0.29, 0.717) is 0 Å². The van der Waals surface area contributed by atoms with Gasteiger partial charge in [0.1, 0.15) is 5.75 Å². The van der Waals surface area contributed by atoms with Gasteiger partial charge in [0.2, 0.25) is 0 Å². The fourth-order valence-corrected chi connectivity index (χ4v) is 2.39. The van der Waals surface area contributed by atoms with Crippen molar-refractivity contribution >= 4 is 17.3 Å². The number of benzene rings is 1. The highest BCUT2D eigenvalue weighted by Crippen LogP contribution is 2.15. The molecule has 0 saturated heterocycles. The van der Waals surface area contributed by atoms with Crippen LogP contribution in [0.2, 0.25) is 0 Å². The average molecular weight is 221 g/mol. The van der Waals surface area contributed by atoms with Crippen molar-refractivity contribution in [1.29, 1.82) is 0 Å². The fourth-order valence-electron chi connectivity index (χ4n) is 1.28. The first-order chi connectivity index (χ1) is 7.27. The lowest BCUT2D eigenvalue weighted by atomic mass is 10.2. The maximum absolute atomic E-state index is 11.7. The van der Waals surface area contributed by atoms with Gasteiger partial charge in [-0.3, -0.25) is 0 Å². The van der Waals surface area contributed by atoms with E-state index < -0.39 is 11.2 Å². The minimum absolute atomic E-state index is 0.739. The van der Waals surface area contributed by atoms with Gasteiger partial charge in [0.15, 0.2) is 4.90 Å². The molecule has 0 bridgehead atoms. The van der Waals surface area contributed by atoms with Crippen LogP contribution in [0.25, 0.3) is 6.08 Å². The Morgan fingerprint density at radius 3 is 2.93 bits per heavy atom. The van der Waals surface area contributed by atoms with Gasteiger partial charge in [-0.1, -0.05) is 31.2 Å². The largest absolute Gasteiger partial charge is 0.611 e. The van der Waals surface area contributed by atoms with Crippen molar-refractivity contribution in [3.63, 3.8) is 0 Å². The van der Waals surface area contributed by atoms with E-state index in [1.165, 1.54) is 0 Å². The molecular formula is C13H17OS. The second-order valence-electron chi connectivity index (χ2n) is 3.31. The zero-order valence-electron chi connectivity index (χ0n) is 9.11. The van der Waals surface area contributed by atoms with Crippen LogP contribution < -0.4 is 0 Å². The van der Waals surface area contributed by atoms with Crippen molar-refractivity contribution in [3.05, 3.63) is 42.8 Å². The Bertz CT molecular complexity index is 320. The smallest absolute Gasteiger partial charge is 0.153 e. The molecular weight excluding hydrogens is 204 g/mol. The third kappa shape index (κ3) is 4.10. The Kier molecular flexibility index (Phi) is 5.51. The summed E-state index contributed by atoms with van der Waals surface area (Å²) in [5, 5.41) is 0. The molecule has 1 radical (unpaired) electrons. The van der Waals surface area contributed by atoms with E-state index in [2.05, 4.69) is 6.92 Å². The van der Waals surface area contributed by atoms with E-state index in [9.17, 15) is 4.55 Å². The van der Waals surface area contributed by atoms with E-state index >= 15 is 0 Å². The molecule has 1 aromatic rings. The molecule has 0 saturated carbocycles. The maximum Gasteiger partial charge on any atom is 0.153 e. The molecule has 0 N–H and O–H groups in total. The van der Waals surface area contributed by atoms with Crippen LogP contribution in [0.1, 0.15) is 25.3 Å². The highest BCUT2D eigenvalue weighted by Gasteiger charge is 2.08. The van der Waals surface area contributed by atoms with Crippen LogP contribution in [-0.2, 0) is 11.2 Å². The Balaban J connectivity index is 2.77. The predicted molar refractivity (Wildman–Crippen MR) is 67.0 cm³/mol. The summed E-state index contributed by atoms with van der Waals surface area (Å²) < 4.78 is 11.7. The lowest BCUT2D eigenvalue weighted by molar-refractivity contribution is 0.593. The second kappa shape index (κ2) is 6.70. The number of rotatable bonds is 5. The summed E-state index contributed by atoms with van der Waals surface area (Å²) in [6.45, 7) is 5.79. The van der Waals surface area contributed by atoms with Crippen molar-refractivity contribution < 1.29 is 4.55 Å². The summed E-state index contributed by atoms with van der Waals surface area (Å²) in [4.78, 5) is 0.920. The van der Waals surface area contributed by atoms with Crippen molar-refractivity contribution in [3.8, 4) is 0 Å². The fraction of sp³-hybridized carbons (Fsp3) is 0.308. The minimum atomic E-state index is -0.849. The first kappa shape index (κ1) is 12.3. The van der Waals surface area contributed by atoms with E-state index in [-0.39, 0.29) is 0 Å². The quantitative estimate of drug-likeness (QED) is 0.698. The molecule has 0 fully saturated rings. The molecule has 0 spiro atoms. The van der Waals surface area contributed by atoms with Crippen LogP contribution >= 0.6 is 0 Å². The summed E-state index contributed by atoms with van der Waals surface area (Å²) >= 11 is -0.849. The van der Waals surface area contributed by atoms with Gasteiger partial charge in [0.05, 0.1) is 0 Å². The Morgan fingerprint density at radius 1 is 1.47 bits per heavy atom. The minimum Gasteiger partial charge on any atom is -0.611 e. The molecule has 15 heavy (non-hydrogen) atoms. The van der Waals surface area contributed by atoms with Crippen LogP contribution in [-0.4, -0.2) is 10.3 Å². The van der Waals surface area contributed by atoms with Gasteiger partial charge in [-0.15, -0.1) is 0 Å². The Labute approximate surface area is 95.4 Å². The average Bonchev–Trinajstić information content (AvgIpc) is 2.27. The van der Waals surface area contributed by atoms with Gasteiger partial charge in [0.25, 0.3) is 0 Å². The molecule has 0 aliphatic heterocycles. The first-order valence-electron chi connectivity index (χ1n) is 5.22. The monoisotopic (exact) mass is 221 g/mol. The van der Waals surface area contributed by atoms with Crippen LogP contribution in [0, 0.1) is 6.92 Å². The molecule has 0 aliphatic carbocycles. The molecule has 0 aromatic heterocycles. The maximum atomic E-state index is 11.7. The predicted octanol–water partition coefficient (Wildman–Crippen LogP) is 3.44. The van der Waals surface area contributed by atoms with Crippen molar-refractivity contribution in [2.45, 2.75) is 24.7 Å².